The Labute approximate surface area is 139 Å². The Morgan fingerprint density at radius 1 is 1.29 bits per heavy atom. The summed E-state index contributed by atoms with van der Waals surface area (Å²) < 4.78 is 0. The van der Waals surface area contributed by atoms with Gasteiger partial charge in [0.25, 0.3) is 0 Å². The molecule has 0 aromatic heterocycles. The van der Waals surface area contributed by atoms with Crippen molar-refractivity contribution in [3.63, 3.8) is 0 Å². The molecule has 1 heterocycles. The van der Waals surface area contributed by atoms with E-state index in [9.17, 15) is 24.6 Å². The number of aliphatic carboxylic acids is 1. The van der Waals surface area contributed by atoms with E-state index in [1.807, 2.05) is 0 Å². The zero-order valence-electron chi connectivity index (χ0n) is 13.1. The molecule has 2 amide bonds. The van der Waals surface area contributed by atoms with Gasteiger partial charge in [0.2, 0.25) is 11.8 Å². The lowest BCUT2D eigenvalue weighted by atomic mass is 10.0. The van der Waals surface area contributed by atoms with Crippen molar-refractivity contribution in [2.24, 2.45) is 5.73 Å². The number of hydrogen-bond acceptors (Lipinski definition) is 5. The highest BCUT2D eigenvalue weighted by molar-refractivity contribution is 5.91. The van der Waals surface area contributed by atoms with E-state index in [0.29, 0.717) is 19.4 Å². The Morgan fingerprint density at radius 2 is 1.96 bits per heavy atom. The van der Waals surface area contributed by atoms with Gasteiger partial charge in [0, 0.05) is 13.0 Å². The number of aromatic hydroxyl groups is 1. The number of hydrogen-bond donors (Lipinski definition) is 4. The van der Waals surface area contributed by atoms with Crippen molar-refractivity contribution < 1.29 is 24.6 Å². The van der Waals surface area contributed by atoms with Crippen LogP contribution in [0.2, 0.25) is 0 Å². The number of likely N-dealkylation sites (tertiary alicyclic amines) is 1. The number of carboxylic acid groups (broad SMARTS) is 1. The maximum Gasteiger partial charge on any atom is 0.326 e. The first-order chi connectivity index (χ1) is 11.4. The van der Waals surface area contributed by atoms with Crippen LogP contribution in [-0.4, -0.2) is 58.1 Å². The second-order valence-electron chi connectivity index (χ2n) is 5.72. The van der Waals surface area contributed by atoms with Crippen molar-refractivity contribution in [2.75, 3.05) is 13.1 Å². The SMILES string of the molecule is NCC(=O)N[C@@H](Cc1ccc(O)cc1)C(=O)N1CCC[C@@H]1C(=O)O. The fraction of sp³-hybridized carbons (Fsp3) is 0.438. The molecule has 130 valence electrons. The summed E-state index contributed by atoms with van der Waals surface area (Å²) in [6.07, 6.45) is 1.20. The summed E-state index contributed by atoms with van der Waals surface area (Å²) in [5.41, 5.74) is 6.03. The van der Waals surface area contributed by atoms with Crippen molar-refractivity contribution in [1.29, 1.82) is 0 Å². The Balaban J connectivity index is 2.18. The normalized spacial score (nSPS) is 18.2. The largest absolute Gasteiger partial charge is 0.508 e. The number of nitrogens with zero attached hydrogens (tertiary/aromatic N) is 1. The maximum atomic E-state index is 12.7. The molecule has 1 aliphatic rings. The molecule has 0 saturated carbocycles. The average Bonchev–Trinajstić information content (AvgIpc) is 3.05. The van der Waals surface area contributed by atoms with Crippen molar-refractivity contribution in [3.05, 3.63) is 29.8 Å². The Morgan fingerprint density at radius 3 is 2.54 bits per heavy atom. The molecule has 0 aliphatic carbocycles. The maximum absolute atomic E-state index is 12.7. The highest BCUT2D eigenvalue weighted by Crippen LogP contribution is 2.20. The predicted octanol–water partition coefficient (Wildman–Crippen LogP) is -0.546. The van der Waals surface area contributed by atoms with E-state index < -0.39 is 29.9 Å². The molecule has 2 atom stereocenters. The molecular weight excluding hydrogens is 314 g/mol. The van der Waals surface area contributed by atoms with Crippen molar-refractivity contribution in [2.45, 2.75) is 31.3 Å². The summed E-state index contributed by atoms with van der Waals surface area (Å²) >= 11 is 0. The number of carbonyl (C=O) groups is 3. The van der Waals surface area contributed by atoms with E-state index in [4.69, 9.17) is 5.73 Å². The molecule has 5 N–H and O–H groups in total. The molecule has 0 bridgehead atoms. The topological polar surface area (TPSA) is 133 Å². The third kappa shape index (κ3) is 4.23. The van der Waals surface area contributed by atoms with Crippen molar-refractivity contribution >= 4 is 17.8 Å². The number of nitrogens with one attached hydrogen (secondary N) is 1. The molecule has 1 saturated heterocycles. The van der Waals surface area contributed by atoms with Crippen LogP contribution >= 0.6 is 0 Å². The fourth-order valence-corrected chi connectivity index (χ4v) is 2.81. The van der Waals surface area contributed by atoms with Gasteiger partial charge in [-0.05, 0) is 30.5 Å². The third-order valence-electron chi connectivity index (χ3n) is 4.02. The number of nitrogens with two attached hydrogens (primary N) is 1. The van der Waals surface area contributed by atoms with Gasteiger partial charge in [-0.3, -0.25) is 9.59 Å². The second kappa shape index (κ2) is 7.78. The Bertz CT molecular complexity index is 617. The van der Waals surface area contributed by atoms with Gasteiger partial charge in [0.15, 0.2) is 0 Å². The molecule has 0 radical (unpaired) electrons. The molecule has 1 aromatic rings. The number of carbonyl (C=O) groups excluding carboxylic acids is 2. The van der Waals surface area contributed by atoms with Crippen molar-refractivity contribution in [1.82, 2.24) is 10.2 Å². The quantitative estimate of drug-likeness (QED) is 0.551. The smallest absolute Gasteiger partial charge is 0.326 e. The van der Waals surface area contributed by atoms with Gasteiger partial charge in [0.1, 0.15) is 17.8 Å². The lowest BCUT2D eigenvalue weighted by molar-refractivity contribution is -0.149. The second-order valence-corrected chi connectivity index (χ2v) is 5.72. The monoisotopic (exact) mass is 335 g/mol. The fourth-order valence-electron chi connectivity index (χ4n) is 2.81. The van der Waals surface area contributed by atoms with Crippen LogP contribution in [-0.2, 0) is 20.8 Å². The highest BCUT2D eigenvalue weighted by Gasteiger charge is 2.37. The van der Waals surface area contributed by atoms with E-state index in [-0.39, 0.29) is 18.7 Å². The van der Waals surface area contributed by atoms with Gasteiger partial charge in [-0.15, -0.1) is 0 Å². The van der Waals surface area contributed by atoms with Crippen LogP contribution < -0.4 is 11.1 Å². The zero-order chi connectivity index (χ0) is 17.7. The first-order valence-electron chi connectivity index (χ1n) is 7.73. The van der Waals surface area contributed by atoms with Crippen LogP contribution in [0.4, 0.5) is 0 Å². The van der Waals surface area contributed by atoms with Gasteiger partial charge in [0.05, 0.1) is 6.54 Å². The summed E-state index contributed by atoms with van der Waals surface area (Å²) in [4.78, 5) is 37.0. The van der Waals surface area contributed by atoms with Crippen LogP contribution in [0.1, 0.15) is 18.4 Å². The van der Waals surface area contributed by atoms with Crippen LogP contribution in [0.3, 0.4) is 0 Å². The van der Waals surface area contributed by atoms with Gasteiger partial charge in [-0.2, -0.15) is 0 Å². The standard InChI is InChI=1S/C16H21N3O5/c17-9-14(21)18-12(8-10-3-5-11(20)6-4-10)15(22)19-7-1-2-13(19)16(23)24/h3-6,12-13,20H,1-2,7-9,17H2,(H,18,21)(H,23,24)/t12-,13+/m0/s1. The molecule has 2 rings (SSSR count). The van der Waals surface area contributed by atoms with E-state index >= 15 is 0 Å². The molecule has 1 aliphatic heterocycles. The summed E-state index contributed by atoms with van der Waals surface area (Å²) in [6, 6.07) is 4.49. The minimum Gasteiger partial charge on any atom is -0.508 e. The van der Waals surface area contributed by atoms with Gasteiger partial charge in [-0.1, -0.05) is 12.1 Å². The summed E-state index contributed by atoms with van der Waals surface area (Å²) in [6.45, 7) is 0.0854. The molecule has 1 fully saturated rings. The first kappa shape index (κ1) is 17.7. The van der Waals surface area contributed by atoms with E-state index in [2.05, 4.69) is 5.32 Å². The molecule has 0 spiro atoms. The van der Waals surface area contributed by atoms with Crippen LogP contribution in [0.15, 0.2) is 24.3 Å². The van der Waals surface area contributed by atoms with Gasteiger partial charge in [-0.25, -0.2) is 4.79 Å². The number of carboxylic acids is 1. The average molecular weight is 335 g/mol. The minimum absolute atomic E-state index is 0.0955. The summed E-state index contributed by atoms with van der Waals surface area (Å²) in [5.74, 6) is -1.87. The van der Waals surface area contributed by atoms with Crippen molar-refractivity contribution in [3.8, 4) is 5.75 Å². The number of benzene rings is 1. The number of amides is 2. The summed E-state index contributed by atoms with van der Waals surface area (Å²) in [7, 11) is 0. The molecular formula is C16H21N3O5. The van der Waals surface area contributed by atoms with Crippen LogP contribution in [0.25, 0.3) is 0 Å². The zero-order valence-corrected chi connectivity index (χ0v) is 13.1. The van der Waals surface area contributed by atoms with Gasteiger partial charge < -0.3 is 26.2 Å². The predicted molar refractivity (Wildman–Crippen MR) is 85.2 cm³/mol. The molecule has 24 heavy (non-hydrogen) atoms. The minimum atomic E-state index is -1.05. The molecule has 8 nitrogen and oxygen atoms in total. The lowest BCUT2D eigenvalue weighted by Crippen LogP contribution is -2.53. The first-order valence-corrected chi connectivity index (χ1v) is 7.73. The van der Waals surface area contributed by atoms with Crippen LogP contribution in [0.5, 0.6) is 5.75 Å². The molecule has 8 heteroatoms. The Hall–Kier alpha value is -2.61. The number of phenolic OH excluding ortho intramolecular Hbond substituents is 1. The third-order valence-corrected chi connectivity index (χ3v) is 4.02. The molecule has 0 unspecified atom stereocenters. The van der Waals surface area contributed by atoms with Crippen LogP contribution in [0, 0.1) is 0 Å². The highest BCUT2D eigenvalue weighted by atomic mass is 16.4. The van der Waals surface area contributed by atoms with Gasteiger partial charge >= 0.3 is 5.97 Å². The Kier molecular flexibility index (Phi) is 5.75. The van der Waals surface area contributed by atoms with E-state index in [1.165, 1.54) is 17.0 Å². The number of rotatable bonds is 6. The lowest BCUT2D eigenvalue weighted by Gasteiger charge is -2.27. The number of phenols is 1. The summed E-state index contributed by atoms with van der Waals surface area (Å²) in [5, 5.41) is 21.1. The van der Waals surface area contributed by atoms with E-state index in [0.717, 1.165) is 5.56 Å². The van der Waals surface area contributed by atoms with E-state index in [1.54, 1.807) is 12.1 Å². The molecule has 1 aromatic carbocycles.